The van der Waals surface area contributed by atoms with Crippen LogP contribution in [0.25, 0.3) is 22.3 Å². The number of nitrogen functional groups attached to an aromatic ring is 1. The number of phenols is 1. The van der Waals surface area contributed by atoms with Crippen molar-refractivity contribution in [2.75, 3.05) is 38.5 Å². The summed E-state index contributed by atoms with van der Waals surface area (Å²) < 4.78 is 2.03. The van der Waals surface area contributed by atoms with Gasteiger partial charge in [-0.1, -0.05) is 12.1 Å². The number of aromatic hydroxyl groups is 1. The molecule has 0 saturated carbocycles. The third-order valence-corrected chi connectivity index (χ3v) is 6.54. The highest BCUT2D eigenvalue weighted by molar-refractivity contribution is 5.87. The van der Waals surface area contributed by atoms with Crippen molar-refractivity contribution in [3.8, 4) is 17.0 Å². The predicted molar refractivity (Wildman–Crippen MR) is 117 cm³/mol. The van der Waals surface area contributed by atoms with E-state index in [9.17, 15) is 5.11 Å². The molecule has 158 valence electrons. The molecule has 2 aliphatic rings. The zero-order valence-corrected chi connectivity index (χ0v) is 17.2. The van der Waals surface area contributed by atoms with Crippen LogP contribution in [-0.4, -0.2) is 62.7 Å². The highest BCUT2D eigenvalue weighted by atomic mass is 16.3. The Bertz CT molecular complexity index is 1020. The number of anilines is 1. The first-order chi connectivity index (χ1) is 14.7. The van der Waals surface area contributed by atoms with Crippen LogP contribution in [0.15, 0.2) is 30.3 Å². The maximum Gasteiger partial charge on any atom is 0.174 e. The fourth-order valence-electron chi connectivity index (χ4n) is 4.83. The van der Waals surface area contributed by atoms with Crippen LogP contribution in [0.4, 0.5) is 5.82 Å². The number of hydrogen-bond acceptors (Lipinski definition) is 7. The molecule has 0 amide bonds. The van der Waals surface area contributed by atoms with Crippen LogP contribution in [0.3, 0.4) is 0 Å². The van der Waals surface area contributed by atoms with E-state index in [0.717, 1.165) is 50.5 Å². The third-order valence-electron chi connectivity index (χ3n) is 6.54. The van der Waals surface area contributed by atoms with E-state index in [1.54, 1.807) is 12.1 Å². The van der Waals surface area contributed by atoms with Crippen LogP contribution in [-0.2, 0) is 0 Å². The molecule has 1 aromatic carbocycles. The van der Waals surface area contributed by atoms with Gasteiger partial charge in [0.2, 0.25) is 0 Å². The number of nitrogens with one attached hydrogen (secondary N) is 1. The second-order valence-corrected chi connectivity index (χ2v) is 8.54. The lowest BCUT2D eigenvalue weighted by atomic mass is 9.96. The maximum absolute atomic E-state index is 10.2. The van der Waals surface area contributed by atoms with E-state index >= 15 is 0 Å². The van der Waals surface area contributed by atoms with E-state index in [2.05, 4.69) is 25.5 Å². The van der Waals surface area contributed by atoms with Crippen LogP contribution in [0.1, 0.15) is 31.7 Å². The summed E-state index contributed by atoms with van der Waals surface area (Å²) in [5.41, 5.74) is 8.96. The Morgan fingerprint density at radius 3 is 2.60 bits per heavy atom. The number of likely N-dealkylation sites (tertiary alicyclic amines) is 1. The van der Waals surface area contributed by atoms with Crippen molar-refractivity contribution in [3.05, 3.63) is 30.3 Å². The van der Waals surface area contributed by atoms with Gasteiger partial charge >= 0.3 is 0 Å². The summed E-state index contributed by atoms with van der Waals surface area (Å²) in [4.78, 5) is 2.61. The van der Waals surface area contributed by atoms with Gasteiger partial charge in [0.05, 0.1) is 17.3 Å². The van der Waals surface area contributed by atoms with Crippen molar-refractivity contribution in [3.63, 3.8) is 0 Å². The molecule has 2 aromatic heterocycles. The lowest BCUT2D eigenvalue weighted by Gasteiger charge is -2.35. The number of fused-ring (bicyclic) bond motifs is 1. The SMILES string of the molecule is Nc1nn(C2CCN(CC3CCNCC3)CC2)c2cc(-c3ccccc3O)nnc12. The molecule has 5 rings (SSSR count). The molecule has 0 unspecified atom stereocenters. The van der Waals surface area contributed by atoms with Gasteiger partial charge in [0.1, 0.15) is 5.75 Å². The predicted octanol–water partition coefficient (Wildman–Crippen LogP) is 2.42. The van der Waals surface area contributed by atoms with Gasteiger partial charge in [0.25, 0.3) is 0 Å². The molecule has 0 radical (unpaired) electrons. The average molecular weight is 408 g/mol. The molecule has 0 bridgehead atoms. The largest absolute Gasteiger partial charge is 0.507 e. The standard InChI is InChI=1S/C22H29N7O/c23-22-21-19(13-18(25-26-21)17-3-1-2-4-20(17)30)29(27-22)16-7-11-28(12-8-16)14-15-5-9-24-10-6-15/h1-4,13,15-16,24,30H,5-12,14H2,(H2,23,27). The second-order valence-electron chi connectivity index (χ2n) is 8.54. The highest BCUT2D eigenvalue weighted by Gasteiger charge is 2.26. The Morgan fingerprint density at radius 1 is 1.07 bits per heavy atom. The van der Waals surface area contributed by atoms with E-state index in [0.29, 0.717) is 28.6 Å². The lowest BCUT2D eigenvalue weighted by Crippen LogP contribution is -2.40. The zero-order chi connectivity index (χ0) is 20.5. The van der Waals surface area contributed by atoms with Crippen molar-refractivity contribution >= 4 is 16.9 Å². The van der Waals surface area contributed by atoms with Gasteiger partial charge in [-0.25, -0.2) is 0 Å². The van der Waals surface area contributed by atoms with Crippen molar-refractivity contribution in [1.29, 1.82) is 0 Å². The molecule has 0 atom stereocenters. The van der Waals surface area contributed by atoms with E-state index in [-0.39, 0.29) is 5.75 Å². The number of rotatable bonds is 4. The van der Waals surface area contributed by atoms with Gasteiger partial charge in [0.15, 0.2) is 11.3 Å². The Morgan fingerprint density at radius 2 is 1.83 bits per heavy atom. The first kappa shape index (κ1) is 19.3. The summed E-state index contributed by atoms with van der Waals surface area (Å²) in [6.07, 6.45) is 4.67. The van der Waals surface area contributed by atoms with Gasteiger partial charge in [-0.15, -0.1) is 10.2 Å². The van der Waals surface area contributed by atoms with Gasteiger partial charge < -0.3 is 21.1 Å². The van der Waals surface area contributed by atoms with Gasteiger partial charge in [-0.2, -0.15) is 5.10 Å². The van der Waals surface area contributed by atoms with Crippen molar-refractivity contribution in [2.24, 2.45) is 5.92 Å². The van der Waals surface area contributed by atoms with Gasteiger partial charge in [-0.3, -0.25) is 4.68 Å². The number of para-hydroxylation sites is 1. The highest BCUT2D eigenvalue weighted by Crippen LogP contribution is 2.32. The molecule has 2 saturated heterocycles. The Labute approximate surface area is 176 Å². The third kappa shape index (κ3) is 3.73. The van der Waals surface area contributed by atoms with E-state index in [4.69, 9.17) is 5.73 Å². The lowest BCUT2D eigenvalue weighted by molar-refractivity contribution is 0.148. The number of phenolic OH excluding ortho intramolecular Hbond substituents is 1. The van der Waals surface area contributed by atoms with Crippen LogP contribution in [0.2, 0.25) is 0 Å². The van der Waals surface area contributed by atoms with Crippen LogP contribution in [0.5, 0.6) is 5.75 Å². The Kier molecular flexibility index (Phi) is 5.26. The molecular weight excluding hydrogens is 378 g/mol. The first-order valence-corrected chi connectivity index (χ1v) is 10.9. The molecule has 3 aromatic rings. The smallest absolute Gasteiger partial charge is 0.174 e. The monoisotopic (exact) mass is 407 g/mol. The normalized spacial score (nSPS) is 19.5. The van der Waals surface area contributed by atoms with E-state index in [1.807, 2.05) is 22.9 Å². The summed E-state index contributed by atoms with van der Waals surface area (Å²) in [7, 11) is 0. The number of nitrogens with zero attached hydrogens (tertiary/aromatic N) is 5. The molecule has 30 heavy (non-hydrogen) atoms. The Balaban J connectivity index is 1.35. The molecule has 2 aliphatic heterocycles. The number of nitrogens with two attached hydrogens (primary N) is 1. The van der Waals surface area contributed by atoms with Crippen molar-refractivity contribution in [1.82, 2.24) is 30.2 Å². The van der Waals surface area contributed by atoms with Crippen molar-refractivity contribution in [2.45, 2.75) is 31.7 Å². The molecule has 4 heterocycles. The van der Waals surface area contributed by atoms with Crippen molar-refractivity contribution < 1.29 is 5.11 Å². The molecular formula is C22H29N7O. The number of aromatic nitrogens is 4. The van der Waals surface area contributed by atoms with E-state index in [1.165, 1.54) is 19.4 Å². The van der Waals surface area contributed by atoms with Gasteiger partial charge in [-0.05, 0) is 62.9 Å². The summed E-state index contributed by atoms with van der Waals surface area (Å²) >= 11 is 0. The molecule has 0 aliphatic carbocycles. The summed E-state index contributed by atoms with van der Waals surface area (Å²) in [5.74, 6) is 1.43. The van der Waals surface area contributed by atoms with E-state index < -0.39 is 0 Å². The Hall–Kier alpha value is -2.71. The molecule has 2 fully saturated rings. The number of hydrogen-bond donors (Lipinski definition) is 3. The molecule has 0 spiro atoms. The summed E-state index contributed by atoms with van der Waals surface area (Å²) in [6.45, 7) is 5.68. The van der Waals surface area contributed by atoms with Crippen LogP contribution in [0, 0.1) is 5.92 Å². The minimum absolute atomic E-state index is 0.191. The first-order valence-electron chi connectivity index (χ1n) is 10.9. The topological polar surface area (TPSA) is 105 Å². The molecule has 8 heteroatoms. The average Bonchev–Trinajstić information content (AvgIpc) is 3.11. The zero-order valence-electron chi connectivity index (χ0n) is 17.2. The number of benzene rings is 1. The van der Waals surface area contributed by atoms with Crippen LogP contribution < -0.4 is 11.1 Å². The minimum atomic E-state index is 0.191. The minimum Gasteiger partial charge on any atom is -0.507 e. The fourth-order valence-corrected chi connectivity index (χ4v) is 4.83. The second kappa shape index (κ2) is 8.20. The van der Waals surface area contributed by atoms with Crippen LogP contribution >= 0.6 is 0 Å². The summed E-state index contributed by atoms with van der Waals surface area (Å²) in [5, 5.41) is 26.9. The molecule has 4 N–H and O–H groups in total. The fraction of sp³-hybridized carbons (Fsp3) is 0.500. The molecule has 8 nitrogen and oxygen atoms in total. The quantitative estimate of drug-likeness (QED) is 0.610. The maximum atomic E-state index is 10.2. The summed E-state index contributed by atoms with van der Waals surface area (Å²) in [6, 6.07) is 9.42. The van der Waals surface area contributed by atoms with Gasteiger partial charge in [0, 0.05) is 25.2 Å². The number of piperidine rings is 2.